The predicted octanol–water partition coefficient (Wildman–Crippen LogP) is 3.64. The molecular weight excluding hydrogens is 392 g/mol. The first-order valence-electron chi connectivity index (χ1n) is 8.76. The van der Waals surface area contributed by atoms with E-state index >= 15 is 0 Å². The molecule has 156 valence electrons. The van der Waals surface area contributed by atoms with Gasteiger partial charge in [0.1, 0.15) is 29.0 Å². The highest BCUT2D eigenvalue weighted by Crippen LogP contribution is 2.20. The van der Waals surface area contributed by atoms with Crippen LogP contribution in [0.3, 0.4) is 0 Å². The molecule has 0 aliphatic heterocycles. The Hall–Kier alpha value is -3.10. The average molecular weight is 412 g/mol. The zero-order valence-electron chi connectivity index (χ0n) is 15.7. The second kappa shape index (κ2) is 9.90. The van der Waals surface area contributed by atoms with E-state index in [1.165, 1.54) is 18.2 Å². The van der Waals surface area contributed by atoms with Crippen LogP contribution < -0.4 is 15.4 Å². The quantitative estimate of drug-likeness (QED) is 0.651. The monoisotopic (exact) mass is 412 g/mol. The third-order valence-corrected chi connectivity index (χ3v) is 4.07. The van der Waals surface area contributed by atoms with Crippen molar-refractivity contribution in [3.8, 4) is 5.75 Å². The lowest BCUT2D eigenvalue weighted by Gasteiger charge is -2.22. The molecule has 0 saturated carbocycles. The summed E-state index contributed by atoms with van der Waals surface area (Å²) in [5.41, 5.74) is -0.489. The Morgan fingerprint density at radius 3 is 2.21 bits per heavy atom. The number of hydrogen-bond donors (Lipinski definition) is 2. The molecule has 2 amide bonds. The van der Waals surface area contributed by atoms with Crippen LogP contribution >= 0.6 is 0 Å². The number of nitrogens with one attached hydrogen (secondary N) is 2. The van der Waals surface area contributed by atoms with Crippen molar-refractivity contribution in [2.75, 3.05) is 0 Å². The van der Waals surface area contributed by atoms with Gasteiger partial charge in [0.05, 0.1) is 0 Å². The Morgan fingerprint density at radius 2 is 1.62 bits per heavy atom. The van der Waals surface area contributed by atoms with Crippen LogP contribution in [0, 0.1) is 17.6 Å². The van der Waals surface area contributed by atoms with Crippen molar-refractivity contribution in [3.63, 3.8) is 0 Å². The molecule has 0 fully saturated rings. The summed E-state index contributed by atoms with van der Waals surface area (Å²) in [6.45, 7) is 0.103. The Labute approximate surface area is 165 Å². The number of para-hydroxylation sites is 1. The fraction of sp³-hybridized carbons (Fsp3) is 0.300. The molecular formula is C20H20F4N2O3. The SMILES string of the molecule is CC(C)C(NC(=O)c1c(F)cccc1F)C(=O)NCc1ccccc1OC(F)F. The van der Waals surface area contributed by atoms with Crippen LogP contribution in [0.4, 0.5) is 17.6 Å². The van der Waals surface area contributed by atoms with Gasteiger partial charge in [-0.2, -0.15) is 8.78 Å². The van der Waals surface area contributed by atoms with Crippen molar-refractivity contribution < 1.29 is 31.9 Å². The van der Waals surface area contributed by atoms with Crippen molar-refractivity contribution in [2.24, 2.45) is 5.92 Å². The lowest BCUT2D eigenvalue weighted by Crippen LogP contribution is -2.49. The highest BCUT2D eigenvalue weighted by atomic mass is 19.3. The van der Waals surface area contributed by atoms with E-state index in [9.17, 15) is 27.2 Å². The minimum atomic E-state index is -3.02. The maximum absolute atomic E-state index is 13.8. The molecule has 2 aromatic rings. The molecule has 0 bridgehead atoms. The van der Waals surface area contributed by atoms with Gasteiger partial charge in [0.2, 0.25) is 5.91 Å². The smallest absolute Gasteiger partial charge is 0.387 e. The van der Waals surface area contributed by atoms with E-state index in [0.29, 0.717) is 5.56 Å². The average Bonchev–Trinajstić information content (AvgIpc) is 2.64. The maximum Gasteiger partial charge on any atom is 0.387 e. The van der Waals surface area contributed by atoms with Gasteiger partial charge in [-0.15, -0.1) is 0 Å². The van der Waals surface area contributed by atoms with Gasteiger partial charge in [0.15, 0.2) is 0 Å². The van der Waals surface area contributed by atoms with Gasteiger partial charge in [-0.05, 0) is 24.1 Å². The van der Waals surface area contributed by atoms with Crippen molar-refractivity contribution >= 4 is 11.8 Å². The van der Waals surface area contributed by atoms with E-state index in [4.69, 9.17) is 0 Å². The van der Waals surface area contributed by atoms with E-state index in [-0.39, 0.29) is 12.3 Å². The highest BCUT2D eigenvalue weighted by molar-refractivity contribution is 5.98. The second-order valence-corrected chi connectivity index (χ2v) is 6.50. The van der Waals surface area contributed by atoms with Gasteiger partial charge < -0.3 is 15.4 Å². The number of rotatable bonds is 8. The topological polar surface area (TPSA) is 67.4 Å². The zero-order valence-corrected chi connectivity index (χ0v) is 15.7. The first-order chi connectivity index (χ1) is 13.7. The molecule has 1 atom stereocenters. The molecule has 29 heavy (non-hydrogen) atoms. The molecule has 0 spiro atoms. The van der Waals surface area contributed by atoms with Crippen LogP contribution in [-0.4, -0.2) is 24.5 Å². The summed E-state index contributed by atoms with van der Waals surface area (Å²) >= 11 is 0. The molecule has 9 heteroatoms. The number of alkyl halides is 2. The van der Waals surface area contributed by atoms with Crippen LogP contribution in [0.5, 0.6) is 5.75 Å². The van der Waals surface area contributed by atoms with Gasteiger partial charge in [0.25, 0.3) is 5.91 Å². The second-order valence-electron chi connectivity index (χ2n) is 6.50. The molecule has 0 aromatic heterocycles. The van der Waals surface area contributed by atoms with Crippen LogP contribution in [-0.2, 0) is 11.3 Å². The Kier molecular flexibility index (Phi) is 7.58. The van der Waals surface area contributed by atoms with Crippen molar-refractivity contribution in [2.45, 2.75) is 33.0 Å². The number of carbonyl (C=O) groups is 2. The minimum Gasteiger partial charge on any atom is -0.434 e. The van der Waals surface area contributed by atoms with Gasteiger partial charge >= 0.3 is 6.61 Å². The summed E-state index contributed by atoms with van der Waals surface area (Å²) in [5, 5.41) is 4.83. The van der Waals surface area contributed by atoms with Crippen LogP contribution in [0.25, 0.3) is 0 Å². The summed E-state index contributed by atoms with van der Waals surface area (Å²) < 4.78 is 57.0. The van der Waals surface area contributed by atoms with Crippen molar-refractivity contribution in [1.82, 2.24) is 10.6 Å². The standard InChI is InChI=1S/C20H20F4N2O3/c1-11(2)17(26-18(27)16-13(21)7-5-8-14(16)22)19(28)25-10-12-6-3-4-9-15(12)29-20(23)24/h3-9,11,17,20H,10H2,1-2H3,(H,25,28)(H,26,27). The number of hydrogen-bond acceptors (Lipinski definition) is 3. The molecule has 0 saturated heterocycles. The molecule has 0 aliphatic carbocycles. The Balaban J connectivity index is 2.10. The van der Waals surface area contributed by atoms with E-state index in [1.54, 1.807) is 19.9 Å². The molecule has 0 radical (unpaired) electrons. The number of amides is 2. The first kappa shape index (κ1) is 22.2. The first-order valence-corrected chi connectivity index (χ1v) is 8.76. The summed E-state index contributed by atoms with van der Waals surface area (Å²) in [4.78, 5) is 24.8. The fourth-order valence-electron chi connectivity index (χ4n) is 2.62. The predicted molar refractivity (Wildman–Crippen MR) is 97.4 cm³/mol. The van der Waals surface area contributed by atoms with Gasteiger partial charge in [0, 0.05) is 12.1 Å². The summed E-state index contributed by atoms with van der Waals surface area (Å²) in [5.74, 6) is -4.33. The van der Waals surface area contributed by atoms with E-state index < -0.39 is 47.6 Å². The maximum atomic E-state index is 13.8. The Bertz CT molecular complexity index is 854. The zero-order chi connectivity index (χ0) is 21.6. The third-order valence-electron chi connectivity index (χ3n) is 4.07. The number of carbonyl (C=O) groups excluding carboxylic acids is 2. The number of ether oxygens (including phenoxy) is 1. The summed E-state index contributed by atoms with van der Waals surface area (Å²) in [6, 6.07) is 7.79. The normalized spacial score (nSPS) is 12.0. The van der Waals surface area contributed by atoms with Gasteiger partial charge in [-0.1, -0.05) is 38.1 Å². The fourth-order valence-corrected chi connectivity index (χ4v) is 2.62. The largest absolute Gasteiger partial charge is 0.434 e. The molecule has 0 aliphatic rings. The lowest BCUT2D eigenvalue weighted by molar-refractivity contribution is -0.124. The molecule has 2 rings (SSSR count). The molecule has 0 heterocycles. The molecule has 2 aromatic carbocycles. The van der Waals surface area contributed by atoms with E-state index in [0.717, 1.165) is 18.2 Å². The van der Waals surface area contributed by atoms with Crippen LogP contribution in [0.1, 0.15) is 29.8 Å². The molecule has 2 N–H and O–H groups in total. The lowest BCUT2D eigenvalue weighted by atomic mass is 10.0. The summed E-state index contributed by atoms with van der Waals surface area (Å²) in [7, 11) is 0. The number of halogens is 4. The third kappa shape index (κ3) is 5.94. The van der Waals surface area contributed by atoms with Crippen LogP contribution in [0.15, 0.2) is 42.5 Å². The molecule has 5 nitrogen and oxygen atoms in total. The van der Waals surface area contributed by atoms with Crippen molar-refractivity contribution in [3.05, 3.63) is 65.2 Å². The number of benzene rings is 2. The minimum absolute atomic E-state index is 0.0960. The van der Waals surface area contributed by atoms with E-state index in [1.807, 2.05) is 0 Å². The molecule has 1 unspecified atom stereocenters. The summed E-state index contributed by atoms with van der Waals surface area (Å²) in [6.07, 6.45) is 0. The van der Waals surface area contributed by atoms with E-state index in [2.05, 4.69) is 15.4 Å². The Morgan fingerprint density at radius 1 is 1.00 bits per heavy atom. The highest BCUT2D eigenvalue weighted by Gasteiger charge is 2.27. The van der Waals surface area contributed by atoms with Gasteiger partial charge in [-0.3, -0.25) is 9.59 Å². The van der Waals surface area contributed by atoms with Crippen molar-refractivity contribution in [1.29, 1.82) is 0 Å². The van der Waals surface area contributed by atoms with Gasteiger partial charge in [-0.25, -0.2) is 8.78 Å². The van der Waals surface area contributed by atoms with Crippen LogP contribution in [0.2, 0.25) is 0 Å².